The molecular formula is C16H28N4. The van der Waals surface area contributed by atoms with Crippen molar-refractivity contribution in [1.82, 2.24) is 15.0 Å². The molecule has 0 atom stereocenters. The Morgan fingerprint density at radius 1 is 1.10 bits per heavy atom. The van der Waals surface area contributed by atoms with Crippen LogP contribution in [0.3, 0.4) is 0 Å². The van der Waals surface area contributed by atoms with E-state index in [4.69, 9.17) is 5.73 Å². The van der Waals surface area contributed by atoms with Crippen LogP contribution in [0.15, 0.2) is 36.5 Å². The van der Waals surface area contributed by atoms with Gasteiger partial charge in [0.15, 0.2) is 0 Å². The van der Waals surface area contributed by atoms with Gasteiger partial charge in [-0.15, -0.1) is 5.10 Å². The molecule has 0 spiro atoms. The fraction of sp³-hybridized carbons (Fsp3) is 0.500. The lowest BCUT2D eigenvalue weighted by molar-refractivity contribution is 0.578. The first-order chi connectivity index (χ1) is 9.81. The van der Waals surface area contributed by atoms with Crippen molar-refractivity contribution in [3.63, 3.8) is 0 Å². The SMILES string of the molecule is CC.CCC.NCCn1nncc1Cc1ccccc1. The highest BCUT2D eigenvalue weighted by atomic mass is 15.4. The summed E-state index contributed by atoms with van der Waals surface area (Å²) < 4.78 is 1.85. The van der Waals surface area contributed by atoms with Crippen molar-refractivity contribution < 1.29 is 0 Å². The van der Waals surface area contributed by atoms with Gasteiger partial charge in [0.2, 0.25) is 0 Å². The number of rotatable bonds is 4. The van der Waals surface area contributed by atoms with E-state index in [9.17, 15) is 0 Å². The number of aromatic nitrogens is 3. The molecule has 0 aliphatic heterocycles. The molecule has 1 aromatic heterocycles. The summed E-state index contributed by atoms with van der Waals surface area (Å²) in [6, 6.07) is 10.3. The topological polar surface area (TPSA) is 56.7 Å². The molecule has 2 N–H and O–H groups in total. The standard InChI is InChI=1S/C11H14N4.C3H8.C2H6/c12-6-7-15-11(9-13-14-15)8-10-4-2-1-3-5-10;1-3-2;1-2/h1-5,9H,6-8,12H2;3H2,1-2H3;1-2H3. The van der Waals surface area contributed by atoms with Crippen molar-refractivity contribution in [2.45, 2.75) is 47.1 Å². The third-order valence-electron chi connectivity index (χ3n) is 2.27. The minimum atomic E-state index is 0.588. The Morgan fingerprint density at radius 3 is 2.25 bits per heavy atom. The Morgan fingerprint density at radius 2 is 1.70 bits per heavy atom. The molecular weight excluding hydrogens is 248 g/mol. The second-order valence-corrected chi connectivity index (χ2v) is 4.11. The second-order valence-electron chi connectivity index (χ2n) is 4.11. The van der Waals surface area contributed by atoms with Crippen LogP contribution in [0.25, 0.3) is 0 Å². The molecule has 0 unspecified atom stereocenters. The molecule has 0 radical (unpaired) electrons. The van der Waals surface area contributed by atoms with Gasteiger partial charge in [-0.1, -0.05) is 69.7 Å². The largest absolute Gasteiger partial charge is 0.329 e. The van der Waals surface area contributed by atoms with Gasteiger partial charge in [-0.05, 0) is 5.56 Å². The Kier molecular flexibility index (Phi) is 11.3. The van der Waals surface area contributed by atoms with Gasteiger partial charge in [-0.25, -0.2) is 4.68 Å². The summed E-state index contributed by atoms with van der Waals surface area (Å²) >= 11 is 0. The average molecular weight is 276 g/mol. The predicted molar refractivity (Wildman–Crippen MR) is 85.6 cm³/mol. The van der Waals surface area contributed by atoms with Crippen LogP contribution in [-0.4, -0.2) is 21.5 Å². The van der Waals surface area contributed by atoms with Gasteiger partial charge in [0.1, 0.15) is 0 Å². The molecule has 0 saturated heterocycles. The number of hydrogen-bond acceptors (Lipinski definition) is 3. The van der Waals surface area contributed by atoms with Crippen LogP contribution in [-0.2, 0) is 13.0 Å². The van der Waals surface area contributed by atoms with E-state index in [1.54, 1.807) is 6.20 Å². The van der Waals surface area contributed by atoms with E-state index >= 15 is 0 Å². The first kappa shape index (κ1) is 18.3. The molecule has 0 aliphatic rings. The van der Waals surface area contributed by atoms with E-state index in [0.717, 1.165) is 18.7 Å². The molecule has 20 heavy (non-hydrogen) atoms. The number of benzene rings is 1. The highest BCUT2D eigenvalue weighted by Crippen LogP contribution is 2.07. The van der Waals surface area contributed by atoms with E-state index in [-0.39, 0.29) is 0 Å². The Hall–Kier alpha value is -1.68. The highest BCUT2D eigenvalue weighted by molar-refractivity contribution is 5.20. The first-order valence-electron chi connectivity index (χ1n) is 7.43. The zero-order chi connectivity index (χ0) is 15.2. The molecule has 0 amide bonds. The quantitative estimate of drug-likeness (QED) is 0.932. The summed E-state index contributed by atoms with van der Waals surface area (Å²) in [7, 11) is 0. The summed E-state index contributed by atoms with van der Waals surface area (Å²) in [6.45, 7) is 9.56. The fourth-order valence-corrected chi connectivity index (χ4v) is 1.53. The summed E-state index contributed by atoms with van der Waals surface area (Å²) in [5.74, 6) is 0. The fourth-order valence-electron chi connectivity index (χ4n) is 1.53. The van der Waals surface area contributed by atoms with Crippen molar-refractivity contribution in [3.8, 4) is 0 Å². The maximum absolute atomic E-state index is 5.49. The average Bonchev–Trinajstić information content (AvgIpc) is 2.91. The molecule has 2 aromatic rings. The minimum absolute atomic E-state index is 0.588. The molecule has 2 rings (SSSR count). The Bertz CT molecular complexity index is 423. The van der Waals surface area contributed by atoms with Crippen molar-refractivity contribution >= 4 is 0 Å². The van der Waals surface area contributed by atoms with Crippen LogP contribution < -0.4 is 5.73 Å². The molecule has 4 nitrogen and oxygen atoms in total. The van der Waals surface area contributed by atoms with Gasteiger partial charge in [0.05, 0.1) is 18.4 Å². The smallest absolute Gasteiger partial charge is 0.0728 e. The Labute approximate surface area is 123 Å². The van der Waals surface area contributed by atoms with Crippen LogP contribution in [0, 0.1) is 0 Å². The summed E-state index contributed by atoms with van der Waals surface area (Å²) in [5.41, 5.74) is 7.86. The monoisotopic (exact) mass is 276 g/mol. The van der Waals surface area contributed by atoms with E-state index in [1.165, 1.54) is 12.0 Å². The molecule has 0 saturated carbocycles. The summed E-state index contributed by atoms with van der Waals surface area (Å²) in [4.78, 5) is 0. The number of nitrogens with zero attached hydrogens (tertiary/aromatic N) is 3. The predicted octanol–water partition coefficient (Wildman–Crippen LogP) is 3.27. The lowest BCUT2D eigenvalue weighted by Gasteiger charge is -2.04. The van der Waals surface area contributed by atoms with E-state index in [1.807, 2.05) is 36.7 Å². The van der Waals surface area contributed by atoms with E-state index in [2.05, 4.69) is 36.3 Å². The molecule has 0 bridgehead atoms. The van der Waals surface area contributed by atoms with Gasteiger partial charge in [0.25, 0.3) is 0 Å². The number of hydrogen-bond donors (Lipinski definition) is 1. The van der Waals surface area contributed by atoms with Gasteiger partial charge < -0.3 is 5.73 Å². The Balaban J connectivity index is 0.000000641. The maximum atomic E-state index is 5.49. The van der Waals surface area contributed by atoms with Crippen molar-refractivity contribution in [2.24, 2.45) is 5.73 Å². The normalized spacial score (nSPS) is 9.05. The molecule has 1 heterocycles. The van der Waals surface area contributed by atoms with Gasteiger partial charge in [-0.3, -0.25) is 0 Å². The molecule has 4 heteroatoms. The highest BCUT2D eigenvalue weighted by Gasteiger charge is 2.03. The van der Waals surface area contributed by atoms with E-state index in [0.29, 0.717) is 6.54 Å². The maximum Gasteiger partial charge on any atom is 0.0728 e. The minimum Gasteiger partial charge on any atom is -0.329 e. The van der Waals surface area contributed by atoms with Crippen LogP contribution in [0.5, 0.6) is 0 Å². The van der Waals surface area contributed by atoms with Gasteiger partial charge in [-0.2, -0.15) is 0 Å². The summed E-state index contributed by atoms with van der Waals surface area (Å²) in [6.07, 6.45) is 3.90. The van der Waals surface area contributed by atoms with Crippen LogP contribution in [0.2, 0.25) is 0 Å². The van der Waals surface area contributed by atoms with Crippen LogP contribution in [0.4, 0.5) is 0 Å². The van der Waals surface area contributed by atoms with Crippen molar-refractivity contribution in [1.29, 1.82) is 0 Å². The van der Waals surface area contributed by atoms with Gasteiger partial charge >= 0.3 is 0 Å². The third-order valence-corrected chi connectivity index (χ3v) is 2.27. The zero-order valence-corrected chi connectivity index (χ0v) is 13.2. The molecule has 1 aromatic carbocycles. The molecule has 0 fully saturated rings. The van der Waals surface area contributed by atoms with Crippen molar-refractivity contribution in [2.75, 3.05) is 6.54 Å². The lowest BCUT2D eigenvalue weighted by atomic mass is 10.1. The first-order valence-corrected chi connectivity index (χ1v) is 7.43. The summed E-state index contributed by atoms with van der Waals surface area (Å²) in [5, 5.41) is 7.88. The molecule has 0 aliphatic carbocycles. The van der Waals surface area contributed by atoms with E-state index < -0.39 is 0 Å². The van der Waals surface area contributed by atoms with Crippen molar-refractivity contribution in [3.05, 3.63) is 47.8 Å². The molecule has 112 valence electrons. The van der Waals surface area contributed by atoms with Crippen LogP contribution >= 0.6 is 0 Å². The van der Waals surface area contributed by atoms with Gasteiger partial charge in [0, 0.05) is 13.0 Å². The van der Waals surface area contributed by atoms with Crippen LogP contribution in [0.1, 0.15) is 45.4 Å². The zero-order valence-electron chi connectivity index (χ0n) is 13.2. The number of nitrogens with two attached hydrogens (primary N) is 1. The third kappa shape index (κ3) is 7.04. The second kappa shape index (κ2) is 12.4. The lowest BCUT2D eigenvalue weighted by Crippen LogP contribution is -2.13.